The molecule has 0 amide bonds. The Bertz CT molecular complexity index is 336. The van der Waals surface area contributed by atoms with Crippen LogP contribution in [0, 0.1) is 0 Å². The van der Waals surface area contributed by atoms with Gasteiger partial charge in [0.25, 0.3) is 0 Å². The van der Waals surface area contributed by atoms with E-state index in [1.54, 1.807) is 0 Å². The van der Waals surface area contributed by atoms with Crippen LogP contribution in [0.15, 0.2) is 4.34 Å². The minimum Gasteiger partial charge on any atom is -0.468 e. The maximum absolute atomic E-state index is 10.9. The van der Waals surface area contributed by atoms with Crippen LogP contribution >= 0.6 is 23.3 Å². The van der Waals surface area contributed by atoms with E-state index in [0.29, 0.717) is 11.7 Å². The first kappa shape index (κ1) is 9.92. The van der Waals surface area contributed by atoms with Crippen molar-refractivity contribution in [2.75, 3.05) is 12.9 Å². The van der Waals surface area contributed by atoms with E-state index >= 15 is 0 Å². The summed E-state index contributed by atoms with van der Waals surface area (Å²) >= 11 is 2.75. The molecule has 0 aromatic carbocycles. The van der Waals surface area contributed by atoms with Crippen LogP contribution in [0.5, 0.6) is 0 Å². The van der Waals surface area contributed by atoms with Crippen molar-refractivity contribution in [1.82, 2.24) is 9.36 Å². The molecule has 1 saturated carbocycles. The number of aromatic nitrogens is 2. The van der Waals surface area contributed by atoms with E-state index in [2.05, 4.69) is 14.1 Å². The summed E-state index contributed by atoms with van der Waals surface area (Å²) in [5.74, 6) is 1.62. The highest BCUT2D eigenvalue weighted by Gasteiger charge is 2.27. The lowest BCUT2D eigenvalue weighted by Gasteiger charge is -1.94. The van der Waals surface area contributed by atoms with Crippen LogP contribution in [-0.4, -0.2) is 28.2 Å². The molecular weight excluding hydrogens is 220 g/mol. The fourth-order valence-corrected chi connectivity index (χ4v) is 2.48. The van der Waals surface area contributed by atoms with Crippen LogP contribution in [0.3, 0.4) is 0 Å². The van der Waals surface area contributed by atoms with Crippen molar-refractivity contribution in [3.8, 4) is 0 Å². The third kappa shape index (κ3) is 2.45. The van der Waals surface area contributed by atoms with E-state index in [-0.39, 0.29) is 5.97 Å². The average molecular weight is 230 g/mol. The molecule has 6 heteroatoms. The van der Waals surface area contributed by atoms with Crippen molar-refractivity contribution in [2.45, 2.75) is 23.1 Å². The second-order valence-corrected chi connectivity index (χ2v) is 5.03. The molecule has 1 aromatic heterocycles. The van der Waals surface area contributed by atoms with Gasteiger partial charge in [-0.2, -0.15) is 4.37 Å². The van der Waals surface area contributed by atoms with Gasteiger partial charge in [-0.25, -0.2) is 4.98 Å². The average Bonchev–Trinajstić information content (AvgIpc) is 2.95. The predicted molar refractivity (Wildman–Crippen MR) is 54.6 cm³/mol. The Hall–Kier alpha value is -0.620. The van der Waals surface area contributed by atoms with Gasteiger partial charge >= 0.3 is 5.97 Å². The maximum atomic E-state index is 10.9. The quantitative estimate of drug-likeness (QED) is 0.582. The lowest BCUT2D eigenvalue weighted by Crippen LogP contribution is -2.02. The summed E-state index contributed by atoms with van der Waals surface area (Å²) in [5, 5.41) is 0. The first-order valence-corrected chi connectivity index (χ1v) is 6.08. The summed E-state index contributed by atoms with van der Waals surface area (Å²) in [5.41, 5.74) is 0. The van der Waals surface area contributed by atoms with E-state index < -0.39 is 0 Å². The zero-order chi connectivity index (χ0) is 9.97. The number of hydrogen-bond acceptors (Lipinski definition) is 6. The molecule has 0 spiro atoms. The first-order chi connectivity index (χ1) is 6.79. The van der Waals surface area contributed by atoms with Gasteiger partial charge in [0.2, 0.25) is 0 Å². The van der Waals surface area contributed by atoms with Crippen LogP contribution in [-0.2, 0) is 9.53 Å². The Kier molecular flexibility index (Phi) is 3.02. The van der Waals surface area contributed by atoms with Gasteiger partial charge in [-0.15, -0.1) is 0 Å². The molecule has 14 heavy (non-hydrogen) atoms. The molecule has 1 fully saturated rings. The number of esters is 1. The van der Waals surface area contributed by atoms with E-state index in [1.165, 1.54) is 43.2 Å². The molecular formula is C8H10N2O2S2. The number of methoxy groups -OCH3 is 1. The third-order valence-corrected chi connectivity index (χ3v) is 3.73. The van der Waals surface area contributed by atoms with Crippen LogP contribution in [0.25, 0.3) is 0 Å². The molecule has 2 rings (SSSR count). The molecule has 0 radical (unpaired) electrons. The zero-order valence-corrected chi connectivity index (χ0v) is 9.36. The van der Waals surface area contributed by atoms with E-state index in [9.17, 15) is 4.79 Å². The summed E-state index contributed by atoms with van der Waals surface area (Å²) in [6.07, 6.45) is 2.41. The Balaban J connectivity index is 1.86. The normalized spacial score (nSPS) is 15.5. The van der Waals surface area contributed by atoms with Gasteiger partial charge in [0, 0.05) is 5.92 Å². The van der Waals surface area contributed by atoms with Gasteiger partial charge in [-0.05, 0) is 24.4 Å². The Morgan fingerprint density at radius 3 is 3.14 bits per heavy atom. The summed E-state index contributed by atoms with van der Waals surface area (Å²) in [7, 11) is 1.39. The molecule has 0 atom stereocenters. The van der Waals surface area contributed by atoms with Crippen LogP contribution in [0.2, 0.25) is 0 Å². The zero-order valence-electron chi connectivity index (χ0n) is 7.73. The topological polar surface area (TPSA) is 52.1 Å². The summed E-state index contributed by atoms with van der Waals surface area (Å²) in [6, 6.07) is 0. The standard InChI is InChI=1S/C8H10N2O2S2/c1-12-6(11)4-13-8-9-7(10-14-8)5-2-3-5/h5H,2-4H2,1H3. The van der Waals surface area contributed by atoms with Crippen LogP contribution in [0.4, 0.5) is 0 Å². The maximum Gasteiger partial charge on any atom is 0.316 e. The third-order valence-electron chi connectivity index (χ3n) is 1.91. The molecule has 1 aromatic rings. The highest BCUT2D eigenvalue weighted by Crippen LogP contribution is 2.39. The van der Waals surface area contributed by atoms with Crippen molar-refractivity contribution in [3.05, 3.63) is 5.82 Å². The lowest BCUT2D eigenvalue weighted by atomic mass is 10.4. The number of hydrogen-bond donors (Lipinski definition) is 0. The van der Waals surface area contributed by atoms with Gasteiger partial charge in [0.05, 0.1) is 12.9 Å². The SMILES string of the molecule is COC(=O)CSc1nc(C2CC2)ns1. The number of ether oxygens (including phenoxy) is 1. The summed E-state index contributed by atoms with van der Waals surface area (Å²) < 4.78 is 9.63. The van der Waals surface area contributed by atoms with Gasteiger partial charge in [-0.3, -0.25) is 4.79 Å². The monoisotopic (exact) mass is 230 g/mol. The Morgan fingerprint density at radius 1 is 1.71 bits per heavy atom. The first-order valence-electron chi connectivity index (χ1n) is 4.33. The van der Waals surface area contributed by atoms with E-state index in [1.807, 2.05) is 0 Å². The van der Waals surface area contributed by atoms with E-state index in [0.717, 1.165) is 10.2 Å². The highest BCUT2D eigenvalue weighted by molar-refractivity contribution is 8.01. The molecule has 0 saturated heterocycles. The van der Waals surface area contributed by atoms with Gasteiger partial charge in [-0.1, -0.05) is 11.8 Å². The number of nitrogens with zero attached hydrogens (tertiary/aromatic N) is 2. The number of carbonyl (C=O) groups is 1. The molecule has 0 aliphatic heterocycles. The van der Waals surface area contributed by atoms with E-state index in [4.69, 9.17) is 0 Å². The molecule has 0 N–H and O–H groups in total. The summed E-state index contributed by atoms with van der Waals surface area (Å²) in [4.78, 5) is 15.2. The minimum absolute atomic E-state index is 0.224. The molecule has 1 heterocycles. The number of thioether (sulfide) groups is 1. The van der Waals surface area contributed by atoms with Crippen molar-refractivity contribution in [1.29, 1.82) is 0 Å². The van der Waals surface area contributed by atoms with Crippen molar-refractivity contribution in [3.63, 3.8) is 0 Å². The smallest absolute Gasteiger partial charge is 0.316 e. The fourth-order valence-electron chi connectivity index (χ4n) is 0.966. The Morgan fingerprint density at radius 2 is 2.50 bits per heavy atom. The molecule has 0 unspecified atom stereocenters. The largest absolute Gasteiger partial charge is 0.468 e. The van der Waals surface area contributed by atoms with Gasteiger partial charge in [0.15, 0.2) is 4.34 Å². The number of rotatable bonds is 4. The predicted octanol–water partition coefficient (Wildman–Crippen LogP) is 1.68. The second-order valence-electron chi connectivity index (χ2n) is 3.06. The fraction of sp³-hybridized carbons (Fsp3) is 0.625. The minimum atomic E-state index is -0.224. The van der Waals surface area contributed by atoms with Crippen LogP contribution in [0.1, 0.15) is 24.6 Å². The molecule has 1 aliphatic rings. The van der Waals surface area contributed by atoms with Crippen molar-refractivity contribution in [2.24, 2.45) is 0 Å². The molecule has 4 nitrogen and oxygen atoms in total. The highest BCUT2D eigenvalue weighted by atomic mass is 32.2. The second kappa shape index (κ2) is 4.27. The summed E-state index contributed by atoms with van der Waals surface area (Å²) in [6.45, 7) is 0. The molecule has 0 bridgehead atoms. The Labute approximate surface area is 90.2 Å². The van der Waals surface area contributed by atoms with Gasteiger partial charge < -0.3 is 4.74 Å². The van der Waals surface area contributed by atoms with Gasteiger partial charge in [0.1, 0.15) is 5.82 Å². The number of carbonyl (C=O) groups excluding carboxylic acids is 1. The van der Waals surface area contributed by atoms with Crippen molar-refractivity contribution < 1.29 is 9.53 Å². The van der Waals surface area contributed by atoms with Crippen molar-refractivity contribution >= 4 is 29.3 Å². The lowest BCUT2D eigenvalue weighted by molar-refractivity contribution is -0.137. The molecule has 1 aliphatic carbocycles. The van der Waals surface area contributed by atoms with Crippen LogP contribution < -0.4 is 0 Å². The molecule has 76 valence electrons.